The van der Waals surface area contributed by atoms with Gasteiger partial charge < -0.3 is 5.32 Å². The average molecular weight is 289 g/mol. The van der Waals surface area contributed by atoms with Crippen molar-refractivity contribution in [3.8, 4) is 0 Å². The second-order valence-corrected chi connectivity index (χ2v) is 6.83. The van der Waals surface area contributed by atoms with Gasteiger partial charge in [-0.25, -0.2) is 4.98 Å². The molecule has 21 heavy (non-hydrogen) atoms. The molecule has 3 heteroatoms. The Morgan fingerprint density at radius 3 is 2.71 bits per heavy atom. The van der Waals surface area contributed by atoms with E-state index in [4.69, 9.17) is 0 Å². The number of hydrogen-bond donors (Lipinski definition) is 1. The van der Waals surface area contributed by atoms with E-state index >= 15 is 0 Å². The first kappa shape index (κ1) is 16.3. The number of rotatable bonds is 6. The maximum Gasteiger partial charge on any atom is 0.126 e. The molecule has 2 heterocycles. The number of piperidine rings is 1. The molecule has 0 aliphatic carbocycles. The molecular weight excluding hydrogens is 258 g/mol. The predicted octanol–water partition coefficient (Wildman–Crippen LogP) is 4.48. The highest BCUT2D eigenvalue weighted by molar-refractivity contribution is 5.37. The van der Waals surface area contributed by atoms with E-state index in [1.165, 1.54) is 37.9 Å². The molecule has 3 nitrogen and oxygen atoms in total. The van der Waals surface area contributed by atoms with Crippen LogP contribution in [-0.2, 0) is 0 Å². The second kappa shape index (κ2) is 7.79. The molecule has 118 valence electrons. The number of nitrogens with zero attached hydrogens (tertiary/aromatic N) is 2. The first-order valence-electron chi connectivity index (χ1n) is 8.56. The van der Waals surface area contributed by atoms with Gasteiger partial charge >= 0.3 is 0 Å². The number of nitrogens with one attached hydrogen (secondary N) is 1. The smallest absolute Gasteiger partial charge is 0.126 e. The van der Waals surface area contributed by atoms with Crippen LogP contribution >= 0.6 is 0 Å². The lowest BCUT2D eigenvalue weighted by atomic mass is 9.95. The third kappa shape index (κ3) is 4.70. The van der Waals surface area contributed by atoms with Crippen molar-refractivity contribution in [2.75, 3.05) is 18.4 Å². The van der Waals surface area contributed by atoms with Gasteiger partial charge in [-0.2, -0.15) is 0 Å². The maximum atomic E-state index is 4.62. The molecule has 0 aromatic carbocycles. The van der Waals surface area contributed by atoms with E-state index in [-0.39, 0.29) is 0 Å². The molecule has 2 atom stereocenters. The van der Waals surface area contributed by atoms with Crippen LogP contribution in [-0.4, -0.2) is 29.0 Å². The minimum absolute atomic E-state index is 0.482. The van der Waals surface area contributed by atoms with Crippen molar-refractivity contribution in [1.82, 2.24) is 9.88 Å². The Morgan fingerprint density at radius 2 is 2.10 bits per heavy atom. The molecule has 0 saturated carbocycles. The van der Waals surface area contributed by atoms with Gasteiger partial charge in [-0.3, -0.25) is 4.90 Å². The van der Waals surface area contributed by atoms with Gasteiger partial charge in [0.15, 0.2) is 0 Å². The van der Waals surface area contributed by atoms with E-state index in [9.17, 15) is 0 Å². The van der Waals surface area contributed by atoms with Gasteiger partial charge in [0.2, 0.25) is 0 Å². The van der Waals surface area contributed by atoms with Crippen LogP contribution in [0.1, 0.15) is 65.0 Å². The summed E-state index contributed by atoms with van der Waals surface area (Å²) in [6.45, 7) is 11.4. The topological polar surface area (TPSA) is 28.2 Å². The fourth-order valence-electron chi connectivity index (χ4n) is 3.10. The molecule has 0 bridgehead atoms. The number of hydrogen-bond acceptors (Lipinski definition) is 3. The van der Waals surface area contributed by atoms with Crippen molar-refractivity contribution in [1.29, 1.82) is 0 Å². The zero-order valence-electron chi connectivity index (χ0n) is 14.1. The Kier molecular flexibility index (Phi) is 6.04. The van der Waals surface area contributed by atoms with Crippen molar-refractivity contribution in [3.05, 3.63) is 23.9 Å². The number of pyridine rings is 1. The molecule has 2 rings (SSSR count). The lowest BCUT2D eigenvalue weighted by Crippen LogP contribution is -2.36. The average Bonchev–Trinajstić information content (AvgIpc) is 2.48. The molecule has 1 aliphatic rings. The van der Waals surface area contributed by atoms with E-state index in [2.05, 4.69) is 61.2 Å². The van der Waals surface area contributed by atoms with Gasteiger partial charge in [-0.1, -0.05) is 33.3 Å². The summed E-state index contributed by atoms with van der Waals surface area (Å²) in [5.41, 5.74) is 1.38. The van der Waals surface area contributed by atoms with Crippen LogP contribution in [0, 0.1) is 5.92 Å². The second-order valence-electron chi connectivity index (χ2n) is 6.83. The van der Waals surface area contributed by atoms with Crippen molar-refractivity contribution in [3.63, 3.8) is 0 Å². The van der Waals surface area contributed by atoms with Crippen LogP contribution in [0.2, 0.25) is 0 Å². The summed E-state index contributed by atoms with van der Waals surface area (Å²) in [6, 6.07) is 5.45. The van der Waals surface area contributed by atoms with Gasteiger partial charge in [0.1, 0.15) is 5.82 Å². The minimum atomic E-state index is 0.482. The summed E-state index contributed by atoms with van der Waals surface area (Å²) in [7, 11) is 0. The summed E-state index contributed by atoms with van der Waals surface area (Å²) in [6.07, 6.45) is 7.14. The molecular formula is C18H31N3. The van der Waals surface area contributed by atoms with Crippen molar-refractivity contribution < 1.29 is 0 Å². The molecule has 1 aromatic heterocycles. The van der Waals surface area contributed by atoms with Crippen LogP contribution in [0.25, 0.3) is 0 Å². The molecule has 1 N–H and O–H groups in total. The Morgan fingerprint density at radius 1 is 1.29 bits per heavy atom. The first-order valence-corrected chi connectivity index (χ1v) is 8.56. The third-order valence-corrected chi connectivity index (χ3v) is 4.39. The third-order valence-electron chi connectivity index (χ3n) is 4.39. The summed E-state index contributed by atoms with van der Waals surface area (Å²) in [5, 5.41) is 3.44. The molecule has 1 aromatic rings. The molecule has 2 unspecified atom stereocenters. The van der Waals surface area contributed by atoms with E-state index in [0.29, 0.717) is 12.1 Å². The summed E-state index contributed by atoms with van der Waals surface area (Å²) in [4.78, 5) is 7.26. The number of aromatic nitrogens is 1. The number of anilines is 1. The van der Waals surface area contributed by atoms with Crippen molar-refractivity contribution >= 4 is 5.82 Å². The van der Waals surface area contributed by atoms with Crippen LogP contribution in [0.5, 0.6) is 0 Å². The molecule has 0 spiro atoms. The Bertz CT molecular complexity index is 413. The van der Waals surface area contributed by atoms with Crippen LogP contribution in [0.3, 0.4) is 0 Å². The molecule has 0 amide bonds. The Balaban J connectivity index is 2.05. The zero-order valence-corrected chi connectivity index (χ0v) is 14.1. The van der Waals surface area contributed by atoms with Crippen molar-refractivity contribution in [2.45, 2.75) is 65.5 Å². The van der Waals surface area contributed by atoms with Crippen LogP contribution in [0.4, 0.5) is 5.82 Å². The van der Waals surface area contributed by atoms with Crippen LogP contribution in [0.15, 0.2) is 18.3 Å². The highest BCUT2D eigenvalue weighted by Gasteiger charge is 2.24. The van der Waals surface area contributed by atoms with Gasteiger partial charge in [0.05, 0.1) is 0 Å². The zero-order chi connectivity index (χ0) is 15.2. The van der Waals surface area contributed by atoms with Crippen molar-refractivity contribution in [2.24, 2.45) is 5.92 Å². The lowest BCUT2D eigenvalue weighted by Gasteiger charge is -2.37. The largest absolute Gasteiger partial charge is 0.368 e. The summed E-state index contributed by atoms with van der Waals surface area (Å²) < 4.78 is 0. The Hall–Kier alpha value is -1.09. The lowest BCUT2D eigenvalue weighted by molar-refractivity contribution is 0.132. The summed E-state index contributed by atoms with van der Waals surface area (Å²) >= 11 is 0. The molecule has 1 aliphatic heterocycles. The highest BCUT2D eigenvalue weighted by Crippen LogP contribution is 2.31. The van der Waals surface area contributed by atoms with Gasteiger partial charge in [-0.15, -0.1) is 0 Å². The standard InChI is InChI=1S/C18H31N3/c1-5-15(4)20-18-10-9-16(12-19-18)17-8-6-7-11-21(17)13-14(2)3/h9-10,12,14-15,17H,5-8,11,13H2,1-4H3,(H,19,20). The Labute approximate surface area is 130 Å². The SMILES string of the molecule is CCC(C)Nc1ccc(C2CCCCN2CC(C)C)cn1. The van der Waals surface area contributed by atoms with Gasteiger partial charge in [0.25, 0.3) is 0 Å². The van der Waals surface area contributed by atoms with E-state index < -0.39 is 0 Å². The molecule has 1 saturated heterocycles. The fourth-order valence-corrected chi connectivity index (χ4v) is 3.10. The quantitative estimate of drug-likeness (QED) is 0.837. The highest BCUT2D eigenvalue weighted by atomic mass is 15.2. The van der Waals surface area contributed by atoms with E-state index in [1.54, 1.807) is 0 Å². The number of likely N-dealkylation sites (tertiary alicyclic amines) is 1. The molecule has 1 fully saturated rings. The van der Waals surface area contributed by atoms with Crippen LogP contribution < -0.4 is 5.32 Å². The normalized spacial score (nSPS) is 21.5. The molecule has 0 radical (unpaired) electrons. The van der Waals surface area contributed by atoms with Gasteiger partial charge in [0, 0.05) is 24.8 Å². The predicted molar refractivity (Wildman–Crippen MR) is 90.6 cm³/mol. The minimum Gasteiger partial charge on any atom is -0.368 e. The fraction of sp³-hybridized carbons (Fsp3) is 0.722. The monoisotopic (exact) mass is 289 g/mol. The van der Waals surface area contributed by atoms with E-state index in [0.717, 1.165) is 18.2 Å². The van der Waals surface area contributed by atoms with Gasteiger partial charge in [-0.05, 0) is 50.3 Å². The first-order chi connectivity index (χ1) is 10.1. The summed E-state index contributed by atoms with van der Waals surface area (Å²) in [5.74, 6) is 1.73. The van der Waals surface area contributed by atoms with E-state index in [1.807, 2.05) is 0 Å². The maximum absolute atomic E-state index is 4.62.